The Morgan fingerprint density at radius 2 is 1.86 bits per heavy atom. The molecular weight excluding hydrogens is 572 g/mol. The first-order valence-electron chi connectivity index (χ1n) is 14.7. The number of aryl methyl sites for hydroxylation is 1. The lowest BCUT2D eigenvalue weighted by Gasteiger charge is -2.29. The van der Waals surface area contributed by atoms with Crippen LogP contribution in [0.5, 0.6) is 5.88 Å². The zero-order valence-electron chi connectivity index (χ0n) is 25.6. The van der Waals surface area contributed by atoms with Gasteiger partial charge in [0.15, 0.2) is 12.1 Å². The summed E-state index contributed by atoms with van der Waals surface area (Å²) in [6.45, 7) is 12.5. The number of nitrogens with one attached hydrogen (secondary N) is 1. The minimum Gasteiger partial charge on any atom is -0.470 e. The van der Waals surface area contributed by atoms with Crippen LogP contribution in [0, 0.1) is 12.8 Å². The van der Waals surface area contributed by atoms with Crippen molar-refractivity contribution in [2.24, 2.45) is 5.92 Å². The third kappa shape index (κ3) is 7.99. The van der Waals surface area contributed by atoms with Crippen LogP contribution in [0.15, 0.2) is 40.4 Å². The van der Waals surface area contributed by atoms with Crippen molar-refractivity contribution >= 4 is 23.2 Å². The molecule has 1 fully saturated rings. The largest absolute Gasteiger partial charge is 0.470 e. The Kier molecular flexibility index (Phi) is 11.3. The number of aromatic nitrogens is 2. The molecule has 1 saturated heterocycles. The number of thiazole rings is 1. The summed E-state index contributed by atoms with van der Waals surface area (Å²) in [5, 5.41) is 17.5. The van der Waals surface area contributed by atoms with E-state index in [1.165, 1.54) is 4.90 Å². The molecule has 1 unspecified atom stereocenters. The summed E-state index contributed by atoms with van der Waals surface area (Å²) in [4.78, 5) is 34.2. The maximum atomic E-state index is 13.9. The average Bonchev–Trinajstić information content (AvgIpc) is 3.72. The van der Waals surface area contributed by atoms with Crippen LogP contribution in [0.3, 0.4) is 0 Å². The third-order valence-electron chi connectivity index (χ3n) is 7.46. The Bertz CT molecular complexity index is 1340. The smallest absolute Gasteiger partial charge is 0.254 e. The van der Waals surface area contributed by atoms with Gasteiger partial charge in [-0.15, -0.1) is 11.3 Å². The van der Waals surface area contributed by atoms with E-state index in [-0.39, 0.29) is 49.2 Å². The van der Waals surface area contributed by atoms with Crippen LogP contribution in [0.2, 0.25) is 0 Å². The molecule has 43 heavy (non-hydrogen) atoms. The molecule has 0 saturated carbocycles. The standard InChI is InChI=1S/C31H42N4O7S/c1-7-39-27(40-8-2)16-41-26-14-25(42-34-26)28(18(3)4)31(38)35-15-23(36)13-24(35)30(37)33-19(5)21-9-11-22(12-10-21)29-20(6)32-17-43-29/h9-12,14,17-19,23-24,27-28,36H,7-8,13,15-16H2,1-6H3,(H,33,37)/t19-,23+,24+,28?/m0/s1. The molecule has 11 nitrogen and oxygen atoms in total. The van der Waals surface area contributed by atoms with Gasteiger partial charge >= 0.3 is 0 Å². The number of carbonyl (C=O) groups excluding carboxylic acids is 2. The number of ether oxygens (including phenoxy) is 3. The van der Waals surface area contributed by atoms with Crippen molar-refractivity contribution in [1.82, 2.24) is 20.4 Å². The van der Waals surface area contributed by atoms with E-state index in [0.29, 0.717) is 19.0 Å². The van der Waals surface area contributed by atoms with Gasteiger partial charge in [0.2, 0.25) is 11.8 Å². The Labute approximate surface area is 256 Å². The van der Waals surface area contributed by atoms with Gasteiger partial charge in [0, 0.05) is 32.2 Å². The van der Waals surface area contributed by atoms with E-state index in [1.807, 2.05) is 71.3 Å². The molecule has 0 aliphatic carbocycles. The van der Waals surface area contributed by atoms with Crippen molar-refractivity contribution < 1.29 is 33.4 Å². The molecule has 1 aliphatic heterocycles. The summed E-state index contributed by atoms with van der Waals surface area (Å²) in [7, 11) is 0. The number of likely N-dealkylation sites (tertiary alicyclic amines) is 1. The second kappa shape index (κ2) is 14.9. The average molecular weight is 615 g/mol. The molecule has 4 rings (SSSR count). The second-order valence-corrected chi connectivity index (χ2v) is 11.8. The van der Waals surface area contributed by atoms with Gasteiger partial charge in [0.05, 0.1) is 28.2 Å². The molecule has 3 aromatic rings. The number of benzene rings is 1. The van der Waals surface area contributed by atoms with Gasteiger partial charge in [-0.3, -0.25) is 9.59 Å². The zero-order chi connectivity index (χ0) is 31.1. The summed E-state index contributed by atoms with van der Waals surface area (Å²) in [5.41, 5.74) is 4.81. The minimum absolute atomic E-state index is 0.0549. The highest BCUT2D eigenvalue weighted by molar-refractivity contribution is 7.13. The third-order valence-corrected chi connectivity index (χ3v) is 8.44. The summed E-state index contributed by atoms with van der Waals surface area (Å²) < 4.78 is 22.2. The lowest BCUT2D eigenvalue weighted by atomic mass is 9.91. The summed E-state index contributed by atoms with van der Waals surface area (Å²) in [6.07, 6.45) is -1.21. The fraction of sp³-hybridized carbons (Fsp3) is 0.548. The molecule has 3 heterocycles. The number of aliphatic hydroxyl groups excluding tert-OH is 1. The van der Waals surface area contributed by atoms with E-state index in [2.05, 4.69) is 15.5 Å². The number of hydrogen-bond acceptors (Lipinski definition) is 10. The first-order chi connectivity index (χ1) is 20.6. The Morgan fingerprint density at radius 3 is 2.47 bits per heavy atom. The van der Waals surface area contributed by atoms with Gasteiger partial charge in [-0.1, -0.05) is 38.1 Å². The normalized spacial score (nSPS) is 18.3. The summed E-state index contributed by atoms with van der Waals surface area (Å²) in [5.74, 6) is -0.993. The van der Waals surface area contributed by atoms with Gasteiger partial charge in [-0.2, -0.15) is 0 Å². The van der Waals surface area contributed by atoms with Crippen LogP contribution >= 0.6 is 11.3 Å². The quantitative estimate of drug-likeness (QED) is 0.252. The fourth-order valence-electron chi connectivity index (χ4n) is 5.27. The first-order valence-corrected chi connectivity index (χ1v) is 15.6. The molecule has 4 atom stereocenters. The van der Waals surface area contributed by atoms with Gasteiger partial charge < -0.3 is 34.1 Å². The van der Waals surface area contributed by atoms with Crippen molar-refractivity contribution in [1.29, 1.82) is 0 Å². The number of rotatable bonds is 14. The van der Waals surface area contributed by atoms with Crippen molar-refractivity contribution in [3.05, 3.63) is 52.9 Å². The lowest BCUT2D eigenvalue weighted by molar-refractivity contribution is -0.153. The van der Waals surface area contributed by atoms with E-state index < -0.39 is 24.4 Å². The molecule has 0 radical (unpaired) electrons. The maximum absolute atomic E-state index is 13.9. The van der Waals surface area contributed by atoms with E-state index in [0.717, 1.165) is 21.7 Å². The molecule has 12 heteroatoms. The SMILES string of the molecule is CCOC(COc1cc(C(C(=O)N2C[C@H](O)C[C@@H]2C(=O)N[C@@H](C)c2ccc(-c3scnc3C)cc2)C(C)C)on1)OCC. The maximum Gasteiger partial charge on any atom is 0.254 e. The number of nitrogens with zero attached hydrogens (tertiary/aromatic N) is 3. The van der Waals surface area contributed by atoms with Gasteiger partial charge in [0.25, 0.3) is 5.88 Å². The van der Waals surface area contributed by atoms with Crippen LogP contribution in [-0.4, -0.2) is 76.8 Å². The van der Waals surface area contributed by atoms with Crippen LogP contribution < -0.4 is 10.1 Å². The highest BCUT2D eigenvalue weighted by atomic mass is 32.1. The highest BCUT2D eigenvalue weighted by Gasteiger charge is 2.43. The van der Waals surface area contributed by atoms with Crippen molar-refractivity contribution in [2.75, 3.05) is 26.4 Å². The fourth-order valence-corrected chi connectivity index (χ4v) is 6.08. The molecule has 234 valence electrons. The Morgan fingerprint density at radius 1 is 1.16 bits per heavy atom. The monoisotopic (exact) mass is 614 g/mol. The number of hydrogen-bond donors (Lipinski definition) is 2. The van der Waals surface area contributed by atoms with E-state index >= 15 is 0 Å². The number of amides is 2. The number of β-amino-alcohol motifs (C(OH)–C–C–N with tert-alkyl or cyclic N) is 1. The molecule has 1 aliphatic rings. The number of carbonyl (C=O) groups is 2. The molecule has 2 amide bonds. The summed E-state index contributed by atoms with van der Waals surface area (Å²) >= 11 is 1.59. The van der Waals surface area contributed by atoms with Crippen LogP contribution in [0.25, 0.3) is 10.4 Å². The molecule has 2 N–H and O–H groups in total. The molecule has 0 bridgehead atoms. The Balaban J connectivity index is 1.43. The van der Waals surface area contributed by atoms with E-state index in [1.54, 1.807) is 17.4 Å². The molecule has 1 aromatic carbocycles. The zero-order valence-corrected chi connectivity index (χ0v) is 26.4. The lowest BCUT2D eigenvalue weighted by Crippen LogP contribution is -2.48. The van der Waals surface area contributed by atoms with E-state index in [9.17, 15) is 14.7 Å². The number of aliphatic hydroxyl groups is 1. The Hall–Kier alpha value is -3.32. The van der Waals surface area contributed by atoms with Gasteiger partial charge in [-0.05, 0) is 49.9 Å². The van der Waals surface area contributed by atoms with Crippen molar-refractivity contribution in [3.8, 4) is 16.3 Å². The topological polar surface area (TPSA) is 136 Å². The first kappa shape index (κ1) is 32.6. The summed E-state index contributed by atoms with van der Waals surface area (Å²) in [6, 6.07) is 8.46. The van der Waals surface area contributed by atoms with Crippen LogP contribution in [0.4, 0.5) is 0 Å². The molecule has 0 spiro atoms. The molecule has 2 aromatic heterocycles. The predicted molar refractivity (Wildman–Crippen MR) is 162 cm³/mol. The van der Waals surface area contributed by atoms with Crippen molar-refractivity contribution in [3.63, 3.8) is 0 Å². The predicted octanol–water partition coefficient (Wildman–Crippen LogP) is 4.46. The van der Waals surface area contributed by atoms with Gasteiger partial charge in [0.1, 0.15) is 18.6 Å². The molecular formula is C31H42N4O7S. The highest BCUT2D eigenvalue weighted by Crippen LogP contribution is 2.33. The van der Waals surface area contributed by atoms with Crippen LogP contribution in [-0.2, 0) is 19.1 Å². The second-order valence-electron chi connectivity index (χ2n) is 11.0. The van der Waals surface area contributed by atoms with Crippen molar-refractivity contribution in [2.45, 2.75) is 78.4 Å². The van der Waals surface area contributed by atoms with Crippen LogP contribution in [0.1, 0.15) is 70.0 Å². The van der Waals surface area contributed by atoms with Gasteiger partial charge in [-0.25, -0.2) is 4.98 Å². The van der Waals surface area contributed by atoms with E-state index in [4.69, 9.17) is 18.7 Å². The minimum atomic E-state index is -0.817.